The molecule has 0 bridgehead atoms. The van der Waals surface area contributed by atoms with Crippen LogP contribution in [0.2, 0.25) is 5.02 Å². The molecule has 0 spiro atoms. The number of methoxy groups -OCH3 is 2. The summed E-state index contributed by atoms with van der Waals surface area (Å²) in [5.74, 6) is 1.07. The number of Topliss-reactive ketones (excluding diaryl/α,β-unsaturated/α-hetero) is 1. The van der Waals surface area contributed by atoms with E-state index in [-0.39, 0.29) is 17.3 Å². The van der Waals surface area contributed by atoms with Gasteiger partial charge in [-0.1, -0.05) is 23.7 Å². The average molecular weight is 451 g/mol. The maximum Gasteiger partial charge on any atom is 0.343 e. The van der Waals surface area contributed by atoms with E-state index in [1.165, 1.54) is 19.2 Å². The van der Waals surface area contributed by atoms with E-state index >= 15 is 0 Å². The van der Waals surface area contributed by atoms with Crippen LogP contribution in [-0.2, 0) is 0 Å². The van der Waals surface area contributed by atoms with E-state index in [0.717, 1.165) is 0 Å². The summed E-state index contributed by atoms with van der Waals surface area (Å²) in [6.07, 6.45) is 1.63. The van der Waals surface area contributed by atoms with Crippen molar-refractivity contribution in [2.75, 3.05) is 14.2 Å². The van der Waals surface area contributed by atoms with Crippen LogP contribution >= 0.6 is 11.6 Å². The standard InChI is InChI=1S/C25H19ClO6/c1-14-9-18(31-25(28)16-5-4-6-17(26)12-16)13-21-23(14)24(27)22(32-21)11-15-7-8-19(29-2)20(10-15)30-3/h4-13H,1-3H3/b22-11-. The van der Waals surface area contributed by atoms with Gasteiger partial charge in [0.15, 0.2) is 17.3 Å². The van der Waals surface area contributed by atoms with E-state index in [0.29, 0.717) is 44.5 Å². The van der Waals surface area contributed by atoms with E-state index < -0.39 is 5.97 Å². The molecule has 7 heteroatoms. The van der Waals surface area contributed by atoms with Crippen LogP contribution in [0.5, 0.6) is 23.0 Å². The molecule has 0 aromatic heterocycles. The molecule has 1 aliphatic heterocycles. The molecule has 0 saturated heterocycles. The Morgan fingerprint density at radius 1 is 1.00 bits per heavy atom. The number of fused-ring (bicyclic) bond motifs is 1. The third kappa shape index (κ3) is 4.18. The molecule has 0 saturated carbocycles. The number of rotatable bonds is 5. The van der Waals surface area contributed by atoms with Crippen LogP contribution in [0.3, 0.4) is 0 Å². The summed E-state index contributed by atoms with van der Waals surface area (Å²) in [5.41, 5.74) is 2.10. The minimum atomic E-state index is -0.558. The first-order chi connectivity index (χ1) is 15.4. The van der Waals surface area contributed by atoms with Crippen LogP contribution in [0.15, 0.2) is 60.4 Å². The number of ketones is 1. The van der Waals surface area contributed by atoms with E-state index in [1.807, 2.05) is 0 Å². The lowest BCUT2D eigenvalue weighted by molar-refractivity contribution is 0.0734. The SMILES string of the molecule is COc1ccc(/C=C2\Oc3cc(OC(=O)c4cccc(Cl)c4)cc(C)c3C2=O)cc1OC. The van der Waals surface area contributed by atoms with Crippen molar-refractivity contribution < 1.29 is 28.5 Å². The van der Waals surface area contributed by atoms with Crippen molar-refractivity contribution in [1.82, 2.24) is 0 Å². The molecule has 1 heterocycles. The zero-order chi connectivity index (χ0) is 22.8. The minimum Gasteiger partial charge on any atom is -0.493 e. The van der Waals surface area contributed by atoms with E-state index in [2.05, 4.69) is 0 Å². The van der Waals surface area contributed by atoms with E-state index in [1.54, 1.807) is 62.6 Å². The van der Waals surface area contributed by atoms with Gasteiger partial charge in [0.05, 0.1) is 25.3 Å². The van der Waals surface area contributed by atoms with Crippen LogP contribution in [0.1, 0.15) is 31.8 Å². The predicted molar refractivity (Wildman–Crippen MR) is 120 cm³/mol. The summed E-state index contributed by atoms with van der Waals surface area (Å²) < 4.78 is 21.8. The second-order valence-corrected chi connectivity index (χ2v) is 7.50. The number of carbonyl (C=O) groups excluding carboxylic acids is 2. The molecule has 4 rings (SSSR count). The molecule has 0 unspecified atom stereocenters. The number of ether oxygens (including phenoxy) is 4. The van der Waals surface area contributed by atoms with Crippen molar-refractivity contribution in [2.24, 2.45) is 0 Å². The molecule has 0 N–H and O–H groups in total. The van der Waals surface area contributed by atoms with Crippen LogP contribution in [-0.4, -0.2) is 26.0 Å². The van der Waals surface area contributed by atoms with Crippen LogP contribution in [0, 0.1) is 6.92 Å². The fraction of sp³-hybridized carbons (Fsp3) is 0.120. The third-order valence-electron chi connectivity index (χ3n) is 4.92. The maximum absolute atomic E-state index is 12.9. The van der Waals surface area contributed by atoms with Gasteiger partial charge in [-0.05, 0) is 60.5 Å². The van der Waals surface area contributed by atoms with Gasteiger partial charge < -0.3 is 18.9 Å². The monoisotopic (exact) mass is 450 g/mol. The summed E-state index contributed by atoms with van der Waals surface area (Å²) in [6, 6.07) is 14.9. The molecule has 162 valence electrons. The zero-order valence-electron chi connectivity index (χ0n) is 17.6. The number of esters is 1. The number of halogens is 1. The molecular formula is C25H19ClO6. The quantitative estimate of drug-likeness (QED) is 0.290. The normalized spacial score (nSPS) is 13.5. The van der Waals surface area contributed by atoms with Crippen molar-refractivity contribution >= 4 is 29.4 Å². The van der Waals surface area contributed by atoms with Crippen molar-refractivity contribution in [3.8, 4) is 23.0 Å². The minimum absolute atomic E-state index is 0.161. The molecule has 0 fully saturated rings. The lowest BCUT2D eigenvalue weighted by Gasteiger charge is -2.08. The van der Waals surface area contributed by atoms with Crippen molar-refractivity contribution in [3.05, 3.63) is 87.6 Å². The van der Waals surface area contributed by atoms with Crippen molar-refractivity contribution in [3.63, 3.8) is 0 Å². The summed E-state index contributed by atoms with van der Waals surface area (Å²) in [6.45, 7) is 1.76. The summed E-state index contributed by atoms with van der Waals surface area (Å²) >= 11 is 5.94. The highest BCUT2D eigenvalue weighted by Gasteiger charge is 2.30. The van der Waals surface area contributed by atoms with Crippen molar-refractivity contribution in [2.45, 2.75) is 6.92 Å². The number of carbonyl (C=O) groups is 2. The molecule has 0 radical (unpaired) electrons. The Kier molecular flexibility index (Phi) is 5.88. The largest absolute Gasteiger partial charge is 0.493 e. The van der Waals surface area contributed by atoms with Crippen LogP contribution < -0.4 is 18.9 Å². The fourth-order valence-electron chi connectivity index (χ4n) is 3.41. The second kappa shape index (κ2) is 8.77. The Balaban J connectivity index is 1.60. The van der Waals surface area contributed by atoms with Gasteiger partial charge >= 0.3 is 5.97 Å². The van der Waals surface area contributed by atoms with Gasteiger partial charge in [0, 0.05) is 11.1 Å². The van der Waals surface area contributed by atoms with Gasteiger partial charge in [0.1, 0.15) is 11.5 Å². The molecule has 0 aliphatic carbocycles. The summed E-state index contributed by atoms with van der Waals surface area (Å²) in [4.78, 5) is 25.4. The van der Waals surface area contributed by atoms with Gasteiger partial charge in [0.25, 0.3) is 0 Å². The first-order valence-electron chi connectivity index (χ1n) is 9.68. The highest BCUT2D eigenvalue weighted by molar-refractivity contribution is 6.30. The van der Waals surface area contributed by atoms with Gasteiger partial charge in [-0.25, -0.2) is 4.79 Å². The maximum atomic E-state index is 12.9. The van der Waals surface area contributed by atoms with Gasteiger partial charge in [-0.3, -0.25) is 4.79 Å². The zero-order valence-corrected chi connectivity index (χ0v) is 18.4. The lowest BCUT2D eigenvalue weighted by atomic mass is 10.0. The predicted octanol–water partition coefficient (Wildman–Crippen LogP) is 5.50. The summed E-state index contributed by atoms with van der Waals surface area (Å²) in [7, 11) is 3.09. The Bertz CT molecular complexity index is 1260. The summed E-state index contributed by atoms with van der Waals surface area (Å²) in [5, 5.41) is 0.434. The number of hydrogen-bond acceptors (Lipinski definition) is 6. The Hall–Kier alpha value is -3.77. The molecule has 1 aliphatic rings. The first kappa shape index (κ1) is 21.5. The van der Waals surface area contributed by atoms with Gasteiger partial charge in [-0.15, -0.1) is 0 Å². The fourth-order valence-corrected chi connectivity index (χ4v) is 3.60. The average Bonchev–Trinajstić information content (AvgIpc) is 3.08. The smallest absolute Gasteiger partial charge is 0.343 e. The number of benzene rings is 3. The molecule has 0 amide bonds. The van der Waals surface area contributed by atoms with Crippen molar-refractivity contribution in [1.29, 1.82) is 0 Å². The number of allylic oxidation sites excluding steroid dienone is 1. The molecule has 3 aromatic rings. The Labute approximate surface area is 189 Å². The third-order valence-corrected chi connectivity index (χ3v) is 5.15. The number of hydrogen-bond donors (Lipinski definition) is 0. The second-order valence-electron chi connectivity index (χ2n) is 7.07. The van der Waals surface area contributed by atoms with Gasteiger partial charge in [0.2, 0.25) is 5.78 Å². The first-order valence-corrected chi connectivity index (χ1v) is 10.1. The molecule has 32 heavy (non-hydrogen) atoms. The molecule has 6 nitrogen and oxygen atoms in total. The molecular weight excluding hydrogens is 432 g/mol. The van der Waals surface area contributed by atoms with Crippen LogP contribution in [0.25, 0.3) is 6.08 Å². The molecule has 0 atom stereocenters. The van der Waals surface area contributed by atoms with E-state index in [9.17, 15) is 9.59 Å². The van der Waals surface area contributed by atoms with Gasteiger partial charge in [-0.2, -0.15) is 0 Å². The molecule has 3 aromatic carbocycles. The van der Waals surface area contributed by atoms with Crippen LogP contribution in [0.4, 0.5) is 0 Å². The van der Waals surface area contributed by atoms with E-state index in [4.69, 9.17) is 30.5 Å². The highest BCUT2D eigenvalue weighted by Crippen LogP contribution is 2.38. The highest BCUT2D eigenvalue weighted by atomic mass is 35.5. The number of aryl methyl sites for hydroxylation is 1. The topological polar surface area (TPSA) is 71.1 Å². The lowest BCUT2D eigenvalue weighted by Crippen LogP contribution is -2.08. The Morgan fingerprint density at radius 2 is 1.78 bits per heavy atom. The Morgan fingerprint density at radius 3 is 2.50 bits per heavy atom.